The Morgan fingerprint density at radius 3 is 2.94 bits per heavy atom. The van der Waals surface area contributed by atoms with Crippen molar-refractivity contribution in [2.24, 2.45) is 4.99 Å². The Kier molecular flexibility index (Phi) is 3.27. The lowest BCUT2D eigenvalue weighted by atomic mass is 10.3. The topological polar surface area (TPSA) is 84.5 Å². The lowest BCUT2D eigenvalue weighted by molar-refractivity contribution is -0.464. The third-order valence-corrected chi connectivity index (χ3v) is 2.49. The van der Waals surface area contributed by atoms with Gasteiger partial charge in [-0.05, 0) is 6.92 Å². The monoisotopic (exact) mass is 235 g/mol. The van der Waals surface area contributed by atoms with E-state index in [0.717, 1.165) is 11.4 Å². The maximum atomic E-state index is 10.5. The van der Waals surface area contributed by atoms with E-state index >= 15 is 0 Å². The van der Waals surface area contributed by atoms with Gasteiger partial charge in [-0.15, -0.1) is 0 Å². The molecule has 0 aliphatic carbocycles. The van der Waals surface area contributed by atoms with E-state index in [-0.39, 0.29) is 11.5 Å². The molecule has 0 N–H and O–H groups in total. The highest BCUT2D eigenvalue weighted by molar-refractivity contribution is 5.84. The van der Waals surface area contributed by atoms with Gasteiger partial charge in [0.25, 0.3) is 6.54 Å². The Hall–Kier alpha value is -2.05. The Bertz CT molecular complexity index is 443. The second kappa shape index (κ2) is 4.86. The van der Waals surface area contributed by atoms with Crippen molar-refractivity contribution in [2.45, 2.75) is 13.5 Å². The third-order valence-electron chi connectivity index (χ3n) is 2.49. The summed E-state index contributed by atoms with van der Waals surface area (Å²) in [5.41, 5.74) is 1.66. The van der Waals surface area contributed by atoms with E-state index in [0.29, 0.717) is 25.5 Å². The summed E-state index contributed by atoms with van der Waals surface area (Å²) in [5, 5.41) is 10.5. The van der Waals surface area contributed by atoms with E-state index in [1.54, 1.807) is 12.4 Å². The third kappa shape index (κ3) is 2.96. The molecule has 0 atom stereocenters. The van der Waals surface area contributed by atoms with E-state index < -0.39 is 0 Å². The van der Waals surface area contributed by atoms with Crippen LogP contribution >= 0.6 is 0 Å². The summed E-state index contributed by atoms with van der Waals surface area (Å²) in [5.74, 6) is 0.525. The largest absolute Gasteiger partial charge is 0.347 e. The summed E-state index contributed by atoms with van der Waals surface area (Å²) in [6.45, 7) is 3.49. The van der Waals surface area contributed by atoms with Gasteiger partial charge in [-0.3, -0.25) is 25.1 Å². The maximum absolute atomic E-state index is 10.5. The van der Waals surface area contributed by atoms with Gasteiger partial charge in [0.05, 0.1) is 30.7 Å². The molecule has 0 saturated heterocycles. The number of hydrogen-bond donors (Lipinski definition) is 0. The summed E-state index contributed by atoms with van der Waals surface area (Å²) >= 11 is 0. The molecule has 1 aliphatic rings. The Balaban J connectivity index is 2.01. The van der Waals surface area contributed by atoms with Crippen molar-refractivity contribution in [1.29, 1.82) is 0 Å². The molecule has 0 saturated carbocycles. The van der Waals surface area contributed by atoms with Crippen molar-refractivity contribution in [2.75, 3.05) is 19.6 Å². The summed E-state index contributed by atoms with van der Waals surface area (Å²) in [6.07, 6.45) is 3.38. The van der Waals surface area contributed by atoms with Crippen LogP contribution in [0, 0.1) is 17.0 Å². The number of amidine groups is 1. The second-order valence-electron chi connectivity index (χ2n) is 3.86. The predicted molar refractivity (Wildman–Crippen MR) is 61.3 cm³/mol. The molecule has 17 heavy (non-hydrogen) atoms. The van der Waals surface area contributed by atoms with Crippen LogP contribution in [0.3, 0.4) is 0 Å². The Morgan fingerprint density at radius 2 is 2.29 bits per heavy atom. The van der Waals surface area contributed by atoms with E-state index in [9.17, 15) is 10.1 Å². The molecule has 0 amide bonds. The molecule has 0 spiro atoms. The molecule has 7 nitrogen and oxygen atoms in total. The van der Waals surface area contributed by atoms with Crippen LogP contribution in [-0.2, 0) is 6.54 Å². The highest BCUT2D eigenvalue weighted by Gasteiger charge is 2.21. The smallest absolute Gasteiger partial charge is 0.260 e. The Labute approximate surface area is 98.4 Å². The molecule has 0 radical (unpaired) electrons. The van der Waals surface area contributed by atoms with Crippen molar-refractivity contribution < 1.29 is 4.92 Å². The molecule has 1 aromatic heterocycles. The van der Waals surface area contributed by atoms with Crippen molar-refractivity contribution in [3.05, 3.63) is 33.9 Å². The van der Waals surface area contributed by atoms with E-state index in [4.69, 9.17) is 0 Å². The first-order valence-electron chi connectivity index (χ1n) is 5.33. The van der Waals surface area contributed by atoms with Crippen molar-refractivity contribution in [3.63, 3.8) is 0 Å². The highest BCUT2D eigenvalue weighted by atomic mass is 16.6. The van der Waals surface area contributed by atoms with Crippen LogP contribution in [0.2, 0.25) is 0 Å². The first kappa shape index (κ1) is 11.4. The van der Waals surface area contributed by atoms with Crippen LogP contribution in [0.4, 0.5) is 0 Å². The molecule has 0 bridgehead atoms. The van der Waals surface area contributed by atoms with Gasteiger partial charge in [0, 0.05) is 17.7 Å². The van der Waals surface area contributed by atoms with Gasteiger partial charge in [0.15, 0.2) is 5.84 Å². The van der Waals surface area contributed by atoms with E-state index in [1.807, 2.05) is 11.8 Å². The van der Waals surface area contributed by atoms with Crippen LogP contribution in [0.25, 0.3) is 0 Å². The van der Waals surface area contributed by atoms with E-state index in [1.165, 1.54) is 0 Å². The van der Waals surface area contributed by atoms with Gasteiger partial charge in [0.1, 0.15) is 0 Å². The minimum absolute atomic E-state index is 0.223. The quantitative estimate of drug-likeness (QED) is 0.552. The van der Waals surface area contributed by atoms with Crippen LogP contribution in [-0.4, -0.2) is 45.3 Å². The number of hydrogen-bond acceptors (Lipinski definition) is 6. The second-order valence-corrected chi connectivity index (χ2v) is 3.86. The Morgan fingerprint density at radius 1 is 1.47 bits per heavy atom. The molecule has 2 rings (SSSR count). The summed E-state index contributed by atoms with van der Waals surface area (Å²) in [4.78, 5) is 24.5. The van der Waals surface area contributed by atoms with Crippen LogP contribution in [0.1, 0.15) is 11.4 Å². The number of nitro groups is 1. The average Bonchev–Trinajstić information content (AvgIpc) is 2.68. The van der Waals surface area contributed by atoms with Gasteiger partial charge >= 0.3 is 0 Å². The molecule has 0 aromatic carbocycles. The lowest BCUT2D eigenvalue weighted by Gasteiger charge is -2.17. The zero-order valence-electron chi connectivity index (χ0n) is 9.54. The van der Waals surface area contributed by atoms with Gasteiger partial charge in [-0.25, -0.2) is 0 Å². The summed E-state index contributed by atoms with van der Waals surface area (Å²) in [6, 6.07) is 0. The molecule has 0 fully saturated rings. The molecule has 1 aliphatic heterocycles. The number of rotatable bonds is 4. The highest BCUT2D eigenvalue weighted by Crippen LogP contribution is 2.07. The van der Waals surface area contributed by atoms with E-state index in [2.05, 4.69) is 15.0 Å². The van der Waals surface area contributed by atoms with Gasteiger partial charge in [-0.1, -0.05) is 0 Å². The van der Waals surface area contributed by atoms with Gasteiger partial charge < -0.3 is 4.90 Å². The molecule has 7 heteroatoms. The fourth-order valence-electron chi connectivity index (χ4n) is 1.66. The molecule has 0 unspecified atom stereocenters. The van der Waals surface area contributed by atoms with Crippen LogP contribution < -0.4 is 0 Å². The average molecular weight is 235 g/mol. The fraction of sp³-hybridized carbons (Fsp3) is 0.500. The predicted octanol–water partition coefficient (Wildman–Crippen LogP) is 0.276. The number of nitrogens with zero attached hydrogens (tertiary/aromatic N) is 5. The van der Waals surface area contributed by atoms with Crippen molar-refractivity contribution >= 4 is 5.84 Å². The molecule has 1 aromatic rings. The SMILES string of the molecule is Cc1cnc(CN2CCN=C2C[N+](=O)[O-])cn1. The molecule has 2 heterocycles. The lowest BCUT2D eigenvalue weighted by Crippen LogP contribution is -2.32. The molecular weight excluding hydrogens is 222 g/mol. The summed E-state index contributed by atoms with van der Waals surface area (Å²) in [7, 11) is 0. The summed E-state index contributed by atoms with van der Waals surface area (Å²) < 4.78 is 0. The van der Waals surface area contributed by atoms with Gasteiger partial charge in [0.2, 0.25) is 0 Å². The number of aryl methyl sites for hydroxylation is 1. The number of aromatic nitrogens is 2. The minimum Gasteiger partial charge on any atom is -0.347 e. The first-order chi connectivity index (χ1) is 8.15. The van der Waals surface area contributed by atoms with Crippen LogP contribution in [0.5, 0.6) is 0 Å². The minimum atomic E-state index is -0.363. The normalized spacial score (nSPS) is 14.9. The zero-order valence-corrected chi connectivity index (χ0v) is 9.54. The van der Waals surface area contributed by atoms with Crippen LogP contribution in [0.15, 0.2) is 17.4 Å². The van der Waals surface area contributed by atoms with Crippen molar-refractivity contribution in [3.8, 4) is 0 Å². The zero-order chi connectivity index (χ0) is 12.3. The molecule has 90 valence electrons. The molecular formula is C10H13N5O2. The fourth-order valence-corrected chi connectivity index (χ4v) is 1.66. The standard InChI is InChI=1S/C10H13N5O2/c1-8-4-13-9(5-12-8)6-14-3-2-11-10(14)7-15(16)17/h4-5H,2-3,6-7H2,1H3. The first-order valence-corrected chi connectivity index (χ1v) is 5.33. The maximum Gasteiger partial charge on any atom is 0.260 e. The number of aliphatic imine (C=N–C) groups is 1. The van der Waals surface area contributed by atoms with Crippen molar-refractivity contribution in [1.82, 2.24) is 14.9 Å². The van der Waals surface area contributed by atoms with Gasteiger partial charge in [-0.2, -0.15) is 0 Å².